The molecular weight excluding hydrogens is 327 g/mol. The van der Waals surface area contributed by atoms with Crippen molar-refractivity contribution in [2.75, 3.05) is 6.61 Å². The van der Waals surface area contributed by atoms with E-state index < -0.39 is 33.6 Å². The average molecular weight is 341 g/mol. The van der Waals surface area contributed by atoms with Gasteiger partial charge in [0.1, 0.15) is 0 Å². The topological polar surface area (TPSA) is 92.7 Å². The van der Waals surface area contributed by atoms with Crippen LogP contribution < -0.4 is 4.72 Å². The first kappa shape index (κ1) is 18.4. The number of carbonyl (C=O) groups is 1. The first-order valence-electron chi connectivity index (χ1n) is 6.08. The van der Waals surface area contributed by atoms with Crippen LogP contribution in [0.5, 0.6) is 0 Å². The molecule has 0 aliphatic rings. The van der Waals surface area contributed by atoms with Crippen molar-refractivity contribution in [3.8, 4) is 0 Å². The lowest BCUT2D eigenvalue weighted by Gasteiger charge is -2.23. The summed E-state index contributed by atoms with van der Waals surface area (Å²) in [7, 11) is -5.76. The quantitative estimate of drug-likeness (QED) is 0.756. The number of benzene rings is 1. The second-order valence-corrected chi connectivity index (χ2v) is 5.86. The van der Waals surface area contributed by atoms with Gasteiger partial charge in [0.2, 0.25) is 0 Å². The number of aliphatic hydroxyl groups is 1. The molecule has 0 heterocycles. The van der Waals surface area contributed by atoms with Gasteiger partial charge in [-0.3, -0.25) is 0 Å². The number of hydrogen-bond donors (Lipinski definition) is 2. The van der Waals surface area contributed by atoms with Gasteiger partial charge >= 0.3 is 21.5 Å². The molecule has 1 rings (SSSR count). The normalized spacial score (nSPS) is 15.1. The van der Waals surface area contributed by atoms with E-state index in [1.165, 1.54) is 42.0 Å². The minimum absolute atomic E-state index is 0.0177. The molecule has 2 atom stereocenters. The number of sulfonamides is 1. The smallest absolute Gasteiger partial charge is 0.464 e. The van der Waals surface area contributed by atoms with E-state index in [-0.39, 0.29) is 12.2 Å². The summed E-state index contributed by atoms with van der Waals surface area (Å²) in [5, 5.41) is 9.82. The zero-order valence-electron chi connectivity index (χ0n) is 11.4. The summed E-state index contributed by atoms with van der Waals surface area (Å²) in [6.45, 7) is 1.31. The predicted octanol–water partition coefficient (Wildman–Crippen LogP) is 1.09. The van der Waals surface area contributed by atoms with Crippen LogP contribution in [0.15, 0.2) is 30.3 Å². The van der Waals surface area contributed by atoms with E-state index >= 15 is 0 Å². The molecule has 0 radical (unpaired) electrons. The number of esters is 1. The number of hydrogen-bond acceptors (Lipinski definition) is 5. The van der Waals surface area contributed by atoms with E-state index in [2.05, 4.69) is 4.74 Å². The van der Waals surface area contributed by atoms with Gasteiger partial charge in [-0.25, -0.2) is 13.2 Å². The second-order valence-electron chi connectivity index (χ2n) is 4.15. The molecule has 0 aliphatic heterocycles. The number of alkyl halides is 3. The Morgan fingerprint density at radius 2 is 1.86 bits per heavy atom. The molecule has 0 saturated carbocycles. The maximum atomic E-state index is 12.5. The largest absolute Gasteiger partial charge is 0.511 e. The Balaban J connectivity index is 3.16. The Morgan fingerprint density at radius 1 is 1.32 bits per heavy atom. The summed E-state index contributed by atoms with van der Waals surface area (Å²) in [6.07, 6.45) is -2.13. The zero-order valence-corrected chi connectivity index (χ0v) is 12.2. The predicted molar refractivity (Wildman–Crippen MR) is 69.9 cm³/mol. The molecule has 0 bridgehead atoms. The maximum Gasteiger partial charge on any atom is 0.511 e. The molecule has 0 saturated heterocycles. The summed E-state index contributed by atoms with van der Waals surface area (Å²) in [5.74, 6) is -1.23. The fourth-order valence-corrected chi connectivity index (χ4v) is 2.31. The number of nitrogens with one attached hydrogen (secondary N) is 1. The molecule has 22 heavy (non-hydrogen) atoms. The van der Waals surface area contributed by atoms with Gasteiger partial charge in [-0.2, -0.15) is 17.9 Å². The third-order valence-electron chi connectivity index (χ3n) is 2.59. The number of halogens is 3. The highest BCUT2D eigenvalue weighted by Crippen LogP contribution is 2.26. The van der Waals surface area contributed by atoms with Crippen LogP contribution in [0, 0.1) is 0 Å². The van der Waals surface area contributed by atoms with Crippen molar-refractivity contribution in [3.05, 3.63) is 35.9 Å². The third-order valence-corrected chi connectivity index (χ3v) is 3.76. The van der Waals surface area contributed by atoms with Crippen LogP contribution in [0.3, 0.4) is 0 Å². The highest BCUT2D eigenvalue weighted by atomic mass is 32.2. The van der Waals surface area contributed by atoms with Gasteiger partial charge in [-0.1, -0.05) is 30.3 Å². The van der Waals surface area contributed by atoms with Crippen LogP contribution in [0.25, 0.3) is 0 Å². The van der Waals surface area contributed by atoms with E-state index in [0.717, 1.165) is 0 Å². The minimum atomic E-state index is -5.76. The summed E-state index contributed by atoms with van der Waals surface area (Å²) >= 11 is 0. The van der Waals surface area contributed by atoms with Gasteiger partial charge in [-0.15, -0.1) is 0 Å². The molecule has 0 amide bonds. The lowest BCUT2D eigenvalue weighted by atomic mass is 10.0. The van der Waals surface area contributed by atoms with E-state index in [0.29, 0.717) is 0 Å². The third kappa shape index (κ3) is 4.42. The number of ether oxygens (including phenoxy) is 1. The molecule has 0 aromatic heterocycles. The van der Waals surface area contributed by atoms with Crippen LogP contribution in [-0.4, -0.2) is 37.7 Å². The van der Waals surface area contributed by atoms with Crippen molar-refractivity contribution in [2.45, 2.75) is 24.6 Å². The number of aliphatic hydroxyl groups excluding tert-OH is 1. The summed E-state index contributed by atoms with van der Waals surface area (Å²) in [4.78, 5) is 11.5. The highest BCUT2D eigenvalue weighted by Gasteiger charge is 2.48. The standard InChI is InChI=1S/C12H14F3NO5S/c1-2-21-11(18)10(17)9(8-6-4-3-5-7-8)16-22(19,20)12(13,14)15/h3-7,9-10,16-17H,2H2,1H3/t9-,10+/m0/s1. The van der Waals surface area contributed by atoms with Crippen molar-refractivity contribution >= 4 is 16.0 Å². The molecule has 2 N–H and O–H groups in total. The van der Waals surface area contributed by atoms with Crippen LogP contribution >= 0.6 is 0 Å². The molecule has 1 aromatic rings. The molecule has 0 spiro atoms. The Hall–Kier alpha value is -1.65. The fourth-order valence-electron chi connectivity index (χ4n) is 1.57. The van der Waals surface area contributed by atoms with Crippen LogP contribution in [-0.2, 0) is 19.6 Å². The van der Waals surface area contributed by atoms with E-state index in [9.17, 15) is 31.5 Å². The van der Waals surface area contributed by atoms with Crippen LogP contribution in [0.4, 0.5) is 13.2 Å². The minimum Gasteiger partial charge on any atom is -0.464 e. The SMILES string of the molecule is CCOC(=O)[C@H](O)[C@@H](NS(=O)(=O)C(F)(F)F)c1ccccc1. The number of rotatable bonds is 6. The van der Waals surface area contributed by atoms with Gasteiger partial charge in [0, 0.05) is 0 Å². The van der Waals surface area contributed by atoms with Crippen molar-refractivity contribution in [1.29, 1.82) is 0 Å². The Labute approximate surface area is 124 Å². The molecule has 10 heteroatoms. The average Bonchev–Trinajstić information content (AvgIpc) is 2.44. The Morgan fingerprint density at radius 3 is 2.32 bits per heavy atom. The monoisotopic (exact) mass is 341 g/mol. The molecule has 1 aromatic carbocycles. The molecule has 124 valence electrons. The Kier molecular flexibility index (Phi) is 5.92. The molecule has 0 aliphatic carbocycles. The van der Waals surface area contributed by atoms with Crippen LogP contribution in [0.1, 0.15) is 18.5 Å². The fraction of sp³-hybridized carbons (Fsp3) is 0.417. The van der Waals surface area contributed by atoms with Gasteiger partial charge in [0.05, 0.1) is 12.6 Å². The molecular formula is C12H14F3NO5S. The highest BCUT2D eigenvalue weighted by molar-refractivity contribution is 7.90. The van der Waals surface area contributed by atoms with E-state index in [1.54, 1.807) is 0 Å². The summed E-state index contributed by atoms with van der Waals surface area (Å²) in [5.41, 5.74) is -5.59. The van der Waals surface area contributed by atoms with Gasteiger partial charge < -0.3 is 9.84 Å². The first-order valence-corrected chi connectivity index (χ1v) is 7.56. The summed E-state index contributed by atoms with van der Waals surface area (Å²) < 4.78 is 65.7. The van der Waals surface area contributed by atoms with Crippen LogP contribution in [0.2, 0.25) is 0 Å². The second kappa shape index (κ2) is 7.07. The lowest BCUT2D eigenvalue weighted by molar-refractivity contribution is -0.154. The van der Waals surface area contributed by atoms with Gasteiger partial charge in [0.15, 0.2) is 6.10 Å². The van der Waals surface area contributed by atoms with Gasteiger partial charge in [-0.05, 0) is 12.5 Å². The van der Waals surface area contributed by atoms with E-state index in [1.807, 2.05) is 0 Å². The van der Waals surface area contributed by atoms with Gasteiger partial charge in [0.25, 0.3) is 0 Å². The van der Waals surface area contributed by atoms with E-state index in [4.69, 9.17) is 0 Å². The number of carbonyl (C=O) groups excluding carboxylic acids is 1. The zero-order chi connectivity index (χ0) is 17.0. The molecule has 0 unspecified atom stereocenters. The Bertz CT molecular complexity index is 603. The first-order chi connectivity index (χ1) is 10.1. The lowest BCUT2D eigenvalue weighted by Crippen LogP contribution is -2.45. The maximum absolute atomic E-state index is 12.5. The van der Waals surface area contributed by atoms with Crippen molar-refractivity contribution < 1.29 is 36.2 Å². The van der Waals surface area contributed by atoms with Crippen molar-refractivity contribution in [3.63, 3.8) is 0 Å². The summed E-state index contributed by atoms with van der Waals surface area (Å²) in [6, 6.07) is 5.09. The molecule has 6 nitrogen and oxygen atoms in total. The van der Waals surface area contributed by atoms with Crippen molar-refractivity contribution in [1.82, 2.24) is 4.72 Å². The van der Waals surface area contributed by atoms with Crippen molar-refractivity contribution in [2.24, 2.45) is 0 Å². The molecule has 0 fully saturated rings.